The molecule has 5 aliphatic rings. The Hall–Kier alpha value is -1.56. The number of aliphatic imine (C=N–C) groups is 3. The molecule has 4 aromatic heterocycles. The molecule has 9 heterocycles. The van der Waals surface area contributed by atoms with Gasteiger partial charge in [0, 0.05) is 64.4 Å². The molecular weight excluding hydrogens is 1760 g/mol. The molecule has 8 nitrogen and oxygen atoms in total. The third-order valence-corrected chi connectivity index (χ3v) is 17.7. The van der Waals surface area contributed by atoms with Crippen LogP contribution >= 0.6 is 127 Å². The SMILES string of the molecule is Br/C=C(\Br)CN1C=CC(=C2C3=NC(=C(c4cc[n+](C/C(Br)=C/Br)cc4)C4=NC(=C(c5cc[n+](C/C(Br)=C/Br)cc5)c5ccc([n-]5)C(c5cc[n+](C/C(Br)=C/Br)cc5)=C5C=CC2=N5)C=C4)C=C3)C=C1.[Br-].[Br-].[Br-].[Br-].[Cu+2]. The monoisotopic (exact) mass is 1780 g/mol. The summed E-state index contributed by atoms with van der Waals surface area (Å²) in [6.45, 7) is 2.70. The predicted molar refractivity (Wildman–Crippen MR) is 304 cm³/mol. The molecule has 0 aromatic carbocycles. The van der Waals surface area contributed by atoms with Crippen LogP contribution < -0.4 is 86.6 Å². The van der Waals surface area contributed by atoms with Gasteiger partial charge in [-0.05, 0) is 150 Å². The fraction of sp³-hybridized carbons (Fsp3) is 0.0769. The van der Waals surface area contributed by atoms with Crippen molar-refractivity contribution in [2.45, 2.75) is 19.6 Å². The number of halogens is 12. The van der Waals surface area contributed by atoms with Crippen LogP contribution in [-0.2, 0) is 36.7 Å². The summed E-state index contributed by atoms with van der Waals surface area (Å²) in [4.78, 5) is 31.5. The average molecular weight is 1800 g/mol. The van der Waals surface area contributed by atoms with Crippen molar-refractivity contribution in [1.82, 2.24) is 9.88 Å². The molecule has 1 radical (unpaired) electrons. The van der Waals surface area contributed by atoms with Crippen molar-refractivity contribution in [1.29, 1.82) is 0 Å². The van der Waals surface area contributed by atoms with Gasteiger partial charge in [-0.2, -0.15) is 0 Å². The Balaban J connectivity index is 0.00000231. The molecule has 8 bridgehead atoms. The van der Waals surface area contributed by atoms with Crippen LogP contribution in [-0.4, -0.2) is 28.6 Å². The zero-order valence-electron chi connectivity index (χ0n) is 37.4. The molecule has 73 heavy (non-hydrogen) atoms. The standard InChI is InChI=1S/C52H36Br8N8.4BrH.Cu/c53-25-37(57)29-65-17-9-33(10-18-65)49-41-1-2-42(61-41)50(34-11-19-66(20-12-34)30-38(58)26-54)44-5-6-46(63-44)52(36-15-23-68(24-16-36)32-40(60)28-56)48-8-7-47(64-48)51(45-4-3-43(49)62-45)35-13-21-67(22-14-35)31-39(59)27-55;;;;;/h1-28H,29-32H2;4*1H;/q+2;;;;;+2/p-4/b37-25-,38-26-,39-27-,40-28-;;;;;. The summed E-state index contributed by atoms with van der Waals surface area (Å²) in [5.41, 5.74) is 13.9. The first-order valence-corrected chi connectivity index (χ1v) is 27.8. The Morgan fingerprint density at radius 1 is 0.438 bits per heavy atom. The van der Waals surface area contributed by atoms with Crippen LogP contribution in [0.3, 0.4) is 0 Å². The fourth-order valence-corrected chi connectivity index (χ4v) is 9.76. The smallest absolute Gasteiger partial charge is 1.00 e. The van der Waals surface area contributed by atoms with Gasteiger partial charge in [0.1, 0.15) is 0 Å². The molecule has 0 aliphatic carbocycles. The van der Waals surface area contributed by atoms with Crippen molar-refractivity contribution in [3.05, 3.63) is 241 Å². The molecule has 4 aromatic rings. The Bertz CT molecular complexity index is 3220. The minimum absolute atomic E-state index is 0. The third-order valence-electron chi connectivity index (χ3n) is 11.1. The summed E-state index contributed by atoms with van der Waals surface area (Å²) in [6, 6.07) is 16.9. The molecule has 0 fully saturated rings. The van der Waals surface area contributed by atoms with E-state index in [0.29, 0.717) is 26.2 Å². The molecule has 0 spiro atoms. The number of aromatic nitrogens is 4. The molecule has 21 heteroatoms. The molecule has 0 N–H and O–H groups in total. The van der Waals surface area contributed by atoms with Gasteiger partial charge in [-0.15, -0.1) is 11.4 Å². The van der Waals surface area contributed by atoms with Gasteiger partial charge in [-0.1, -0.05) is 91.8 Å². The normalized spacial score (nSPS) is 16.2. The Morgan fingerprint density at radius 3 is 1.12 bits per heavy atom. The summed E-state index contributed by atoms with van der Waals surface area (Å²) in [5.74, 6) is 0. The maximum Gasteiger partial charge on any atom is 2.00 e. The number of hydrogen-bond acceptors (Lipinski definition) is 4. The summed E-state index contributed by atoms with van der Waals surface area (Å²) in [5, 5.41) is 0. The minimum atomic E-state index is 0. The summed E-state index contributed by atoms with van der Waals surface area (Å²) in [7, 11) is 0. The minimum Gasteiger partial charge on any atom is -1.00 e. The van der Waals surface area contributed by atoms with Crippen molar-refractivity contribution in [2.75, 3.05) is 6.54 Å². The van der Waals surface area contributed by atoms with Crippen molar-refractivity contribution in [3.8, 4) is 0 Å². The van der Waals surface area contributed by atoms with E-state index in [-0.39, 0.29) is 85.0 Å². The van der Waals surface area contributed by atoms with Gasteiger partial charge in [0.05, 0.1) is 54.2 Å². The van der Waals surface area contributed by atoms with Crippen molar-refractivity contribution in [3.63, 3.8) is 0 Å². The number of hydrogen-bond donors (Lipinski definition) is 0. The number of allylic oxidation sites excluding steroid dienone is 14. The Labute approximate surface area is 544 Å². The first kappa shape index (κ1) is 64.0. The molecule has 9 rings (SSSR count). The van der Waals surface area contributed by atoms with Crippen molar-refractivity contribution >= 4 is 161 Å². The van der Waals surface area contributed by atoms with Crippen LogP contribution in [0.5, 0.6) is 0 Å². The van der Waals surface area contributed by atoms with E-state index < -0.39 is 0 Å². The average Bonchev–Trinajstić information content (AvgIpc) is 4.22. The van der Waals surface area contributed by atoms with Crippen LogP contribution in [0.1, 0.15) is 28.1 Å². The van der Waals surface area contributed by atoms with Crippen LogP contribution in [0.4, 0.5) is 0 Å². The quantitative estimate of drug-likeness (QED) is 0.170. The van der Waals surface area contributed by atoms with Gasteiger partial charge in [0.15, 0.2) is 56.8 Å². The summed E-state index contributed by atoms with van der Waals surface area (Å²) in [6.07, 6.45) is 33.5. The van der Waals surface area contributed by atoms with Gasteiger partial charge in [0.25, 0.3) is 0 Å². The van der Waals surface area contributed by atoms with E-state index in [1.54, 1.807) is 0 Å². The largest absolute Gasteiger partial charge is 2.00 e. The van der Waals surface area contributed by atoms with Gasteiger partial charge >= 0.3 is 17.1 Å². The topological polar surface area (TPSA) is 66.1 Å². The second-order valence-electron chi connectivity index (χ2n) is 15.6. The third kappa shape index (κ3) is 15.4. The number of pyridine rings is 3. The number of rotatable bonds is 11. The zero-order valence-corrected chi connectivity index (χ0v) is 57.4. The summed E-state index contributed by atoms with van der Waals surface area (Å²) < 4.78 is 10.4. The maximum atomic E-state index is 5.47. The first-order chi connectivity index (χ1) is 33.1. The van der Waals surface area contributed by atoms with E-state index in [4.69, 9.17) is 20.0 Å². The molecule has 379 valence electrons. The van der Waals surface area contributed by atoms with Crippen molar-refractivity contribution in [2.24, 2.45) is 15.0 Å². The Morgan fingerprint density at radius 2 is 0.767 bits per heavy atom. The maximum absolute atomic E-state index is 5.47. The molecule has 0 amide bonds. The Kier molecular flexibility index (Phi) is 26.3. The molecule has 5 aliphatic heterocycles. The molecule has 0 saturated heterocycles. The van der Waals surface area contributed by atoms with Crippen LogP contribution in [0, 0.1) is 0 Å². The van der Waals surface area contributed by atoms with Gasteiger partial charge in [0.2, 0.25) is 0 Å². The van der Waals surface area contributed by atoms with E-state index in [0.717, 1.165) is 108 Å². The van der Waals surface area contributed by atoms with E-state index in [2.05, 4.69) is 293 Å². The predicted octanol–water partition coefficient (Wildman–Crippen LogP) is 1.66. The van der Waals surface area contributed by atoms with E-state index in [9.17, 15) is 0 Å². The zero-order chi connectivity index (χ0) is 47.3. The molecule has 0 saturated carbocycles. The first-order valence-electron chi connectivity index (χ1n) is 20.9. The van der Waals surface area contributed by atoms with Crippen molar-refractivity contribution < 1.29 is 98.7 Å². The van der Waals surface area contributed by atoms with E-state index in [1.165, 1.54) is 0 Å². The van der Waals surface area contributed by atoms with Gasteiger partial charge in [-0.3, -0.25) is 0 Å². The van der Waals surface area contributed by atoms with E-state index >= 15 is 0 Å². The second-order valence-corrected chi connectivity index (χ2v) is 21.5. The van der Waals surface area contributed by atoms with E-state index in [1.807, 2.05) is 19.9 Å². The summed E-state index contributed by atoms with van der Waals surface area (Å²) >= 11 is 28.3. The number of nitrogens with zero attached hydrogens (tertiary/aromatic N) is 8. The fourth-order valence-electron chi connectivity index (χ4n) is 8.02. The number of fused-ring (bicyclic) bond motifs is 5. The van der Waals surface area contributed by atoms with Crippen LogP contribution in [0.2, 0.25) is 0 Å². The second kappa shape index (κ2) is 30.0. The van der Waals surface area contributed by atoms with Crippen LogP contribution in [0.25, 0.3) is 16.7 Å². The molecule has 0 unspecified atom stereocenters. The van der Waals surface area contributed by atoms with Crippen LogP contribution in [0.15, 0.2) is 228 Å². The molecule has 0 atom stereocenters. The van der Waals surface area contributed by atoms with Gasteiger partial charge in [-0.25, -0.2) is 28.7 Å². The van der Waals surface area contributed by atoms with Gasteiger partial charge < -0.3 is 77.8 Å². The molecular formula is C52H36Br12CuN8.